The first-order valence-corrected chi connectivity index (χ1v) is 14.4. The van der Waals surface area contributed by atoms with Crippen LogP contribution in [0.1, 0.15) is 41.5 Å². The average molecular weight is 586 g/mol. The van der Waals surface area contributed by atoms with Crippen LogP contribution < -0.4 is 28.4 Å². The highest BCUT2D eigenvalue weighted by molar-refractivity contribution is 6.07. The first kappa shape index (κ1) is 29.9. The van der Waals surface area contributed by atoms with Crippen molar-refractivity contribution in [2.45, 2.75) is 59.9 Å². The van der Waals surface area contributed by atoms with Crippen molar-refractivity contribution in [3.8, 4) is 68.1 Å². The van der Waals surface area contributed by atoms with E-state index >= 15 is 0 Å². The van der Waals surface area contributed by atoms with Crippen LogP contribution in [0.15, 0.2) is 59.2 Å². The van der Waals surface area contributed by atoms with Crippen molar-refractivity contribution < 1.29 is 32.8 Å². The molecule has 2 heterocycles. The molecule has 0 atom stereocenters. The van der Waals surface area contributed by atoms with E-state index in [0.29, 0.717) is 45.8 Å². The molecule has 5 rings (SSSR count). The van der Waals surface area contributed by atoms with Gasteiger partial charge in [0.25, 0.3) is 0 Å². The van der Waals surface area contributed by atoms with Gasteiger partial charge in [-0.3, -0.25) is 0 Å². The lowest BCUT2D eigenvalue weighted by molar-refractivity contribution is 0.230. The molecule has 0 aliphatic carbocycles. The van der Waals surface area contributed by atoms with Crippen molar-refractivity contribution in [3.05, 3.63) is 54.8 Å². The van der Waals surface area contributed by atoms with Crippen LogP contribution in [-0.4, -0.2) is 44.6 Å². The average Bonchev–Trinajstić information content (AvgIpc) is 3.36. The maximum atomic E-state index is 6.17. The Kier molecular flexibility index (Phi) is 8.57. The summed E-state index contributed by atoms with van der Waals surface area (Å²) in [5, 5.41) is 0.841. The van der Waals surface area contributed by atoms with Crippen LogP contribution in [0.3, 0.4) is 0 Å². The van der Waals surface area contributed by atoms with Crippen molar-refractivity contribution in [3.63, 3.8) is 0 Å². The number of fused-ring (bicyclic) bond motifs is 3. The van der Waals surface area contributed by atoms with Gasteiger partial charge in [-0.1, -0.05) is 6.07 Å². The minimum atomic E-state index is -0.0428. The molecule has 43 heavy (non-hydrogen) atoms. The Labute approximate surface area is 252 Å². The molecule has 0 saturated heterocycles. The Morgan fingerprint density at radius 1 is 0.558 bits per heavy atom. The van der Waals surface area contributed by atoms with Gasteiger partial charge < -0.3 is 32.8 Å². The van der Waals surface area contributed by atoms with E-state index < -0.39 is 0 Å². The minimum absolute atomic E-state index is 0.0335. The molecular formula is C35H39NO7. The van der Waals surface area contributed by atoms with Crippen molar-refractivity contribution in [2.24, 2.45) is 0 Å². The fraction of sp³-hybridized carbons (Fsp3) is 0.343. The van der Waals surface area contributed by atoms with Gasteiger partial charge in [0.15, 0.2) is 34.5 Å². The number of nitrogens with zero attached hydrogens (tertiary/aromatic N) is 1. The van der Waals surface area contributed by atoms with Gasteiger partial charge in [0.2, 0.25) is 0 Å². The number of hydrogen-bond donors (Lipinski definition) is 0. The second-order valence-electron chi connectivity index (χ2n) is 11.1. The summed E-state index contributed by atoms with van der Waals surface area (Å²) < 4.78 is 41.4. The molecule has 0 N–H and O–H groups in total. The Hall–Kier alpha value is -4.59. The normalized spacial score (nSPS) is 11.5. The predicted octanol–water partition coefficient (Wildman–Crippen LogP) is 8.65. The van der Waals surface area contributed by atoms with E-state index in [1.807, 2.05) is 90.1 Å². The summed E-state index contributed by atoms with van der Waals surface area (Å²) in [6.07, 6.45) is 1.57. The largest absolute Gasteiger partial charge is 0.493 e. The van der Waals surface area contributed by atoms with Gasteiger partial charge in [-0.05, 0) is 83.5 Å². The van der Waals surface area contributed by atoms with Crippen molar-refractivity contribution >= 4 is 11.0 Å². The molecular weight excluding hydrogens is 546 g/mol. The van der Waals surface area contributed by atoms with Crippen molar-refractivity contribution in [1.82, 2.24) is 4.98 Å². The predicted molar refractivity (Wildman–Crippen MR) is 168 cm³/mol. The fourth-order valence-corrected chi connectivity index (χ4v) is 5.13. The van der Waals surface area contributed by atoms with Gasteiger partial charge >= 0.3 is 0 Å². The number of aromatic nitrogens is 1. The van der Waals surface area contributed by atoms with Crippen LogP contribution in [0.4, 0.5) is 0 Å². The van der Waals surface area contributed by atoms with E-state index in [2.05, 4.69) is 0 Å². The van der Waals surface area contributed by atoms with Gasteiger partial charge in [-0.25, -0.2) is 4.98 Å². The smallest absolute Gasteiger partial charge is 0.165 e. The number of benzene rings is 3. The van der Waals surface area contributed by atoms with E-state index in [1.165, 1.54) is 0 Å². The Balaban J connectivity index is 1.85. The number of ether oxygens (including phenoxy) is 6. The van der Waals surface area contributed by atoms with Gasteiger partial charge in [-0.2, -0.15) is 0 Å². The highest BCUT2D eigenvalue weighted by atomic mass is 16.5. The van der Waals surface area contributed by atoms with E-state index in [4.69, 9.17) is 37.8 Å². The summed E-state index contributed by atoms with van der Waals surface area (Å²) in [5.41, 5.74) is 5.70. The second-order valence-corrected chi connectivity index (χ2v) is 11.1. The summed E-state index contributed by atoms with van der Waals surface area (Å²) in [7, 11) is 4.90. The third kappa shape index (κ3) is 6.00. The summed E-state index contributed by atoms with van der Waals surface area (Å²) in [6.45, 7) is 11.9. The highest BCUT2D eigenvalue weighted by Crippen LogP contribution is 2.49. The van der Waals surface area contributed by atoms with Crippen LogP contribution in [0.2, 0.25) is 0 Å². The monoisotopic (exact) mass is 585 g/mol. The molecule has 8 heteroatoms. The quantitative estimate of drug-likeness (QED) is 0.152. The van der Waals surface area contributed by atoms with Crippen molar-refractivity contribution in [1.29, 1.82) is 0 Å². The molecule has 0 spiro atoms. The van der Waals surface area contributed by atoms with Crippen LogP contribution in [0.5, 0.6) is 34.5 Å². The molecule has 226 valence electrons. The molecule has 3 aromatic carbocycles. The SMILES string of the molecule is COc1ccc(-c2nc3coc4cc(OC(C)C)c(OC)cc4c-3c2-c2ccc(OC)c(OC(C)C)c2)cc1OC(C)C. The van der Waals surface area contributed by atoms with Crippen molar-refractivity contribution in [2.75, 3.05) is 21.3 Å². The molecule has 0 unspecified atom stereocenters. The number of hydrogen-bond acceptors (Lipinski definition) is 8. The molecule has 0 amide bonds. The molecule has 0 bridgehead atoms. The van der Waals surface area contributed by atoms with E-state index in [0.717, 1.165) is 33.3 Å². The molecule has 0 aromatic heterocycles. The fourth-order valence-electron chi connectivity index (χ4n) is 5.13. The molecule has 2 aliphatic rings. The first-order valence-electron chi connectivity index (χ1n) is 14.4. The summed E-state index contributed by atoms with van der Waals surface area (Å²) in [6, 6.07) is 15.6. The van der Waals surface area contributed by atoms with E-state index in [-0.39, 0.29) is 18.3 Å². The standard InChI is InChI=1S/C35H39NO7/c1-19(2)41-30-14-22(10-12-26(30)37-7)33-34-24-16-29(39-9)32(43-21(5)6)17-28(24)40-18-25(34)36-35(33)23-11-13-27(38-8)31(15-23)42-20(3)4/h10-21H,1-9H3. The molecule has 3 aromatic rings. The zero-order valence-corrected chi connectivity index (χ0v) is 26.2. The summed E-state index contributed by atoms with van der Waals surface area (Å²) >= 11 is 0. The highest BCUT2D eigenvalue weighted by Gasteiger charge is 2.27. The lowest BCUT2D eigenvalue weighted by Crippen LogP contribution is -2.07. The maximum Gasteiger partial charge on any atom is 0.165 e. The third-order valence-electron chi connectivity index (χ3n) is 6.79. The van der Waals surface area contributed by atoms with Gasteiger partial charge in [0.05, 0.1) is 45.3 Å². The van der Waals surface area contributed by atoms with E-state index in [1.54, 1.807) is 27.6 Å². The summed E-state index contributed by atoms with van der Waals surface area (Å²) in [5.74, 6) is 3.79. The third-order valence-corrected chi connectivity index (χ3v) is 6.79. The van der Waals surface area contributed by atoms with Crippen LogP contribution in [0, 0.1) is 0 Å². The molecule has 0 radical (unpaired) electrons. The Morgan fingerprint density at radius 2 is 1.07 bits per heavy atom. The zero-order chi connectivity index (χ0) is 30.8. The molecule has 0 fully saturated rings. The number of rotatable bonds is 11. The maximum absolute atomic E-state index is 6.17. The second kappa shape index (κ2) is 12.3. The Morgan fingerprint density at radius 3 is 1.60 bits per heavy atom. The van der Waals surface area contributed by atoms with Crippen LogP contribution in [0.25, 0.3) is 44.6 Å². The molecule has 8 nitrogen and oxygen atoms in total. The van der Waals surface area contributed by atoms with Gasteiger partial charge in [-0.15, -0.1) is 0 Å². The first-order chi connectivity index (χ1) is 20.6. The lowest BCUT2D eigenvalue weighted by atomic mass is 9.93. The van der Waals surface area contributed by atoms with Gasteiger partial charge in [0, 0.05) is 28.1 Å². The number of methoxy groups -OCH3 is 3. The van der Waals surface area contributed by atoms with Crippen LogP contribution in [-0.2, 0) is 0 Å². The lowest BCUT2D eigenvalue weighted by Gasteiger charge is -2.17. The van der Waals surface area contributed by atoms with E-state index in [9.17, 15) is 0 Å². The minimum Gasteiger partial charge on any atom is -0.493 e. The van der Waals surface area contributed by atoms with Gasteiger partial charge in [0.1, 0.15) is 17.5 Å². The topological polar surface area (TPSA) is 81.4 Å². The summed E-state index contributed by atoms with van der Waals surface area (Å²) in [4.78, 5) is 5.11. The molecule has 2 aliphatic heterocycles. The van der Waals surface area contributed by atoms with Crippen LogP contribution >= 0.6 is 0 Å². The molecule has 0 saturated carbocycles. The Bertz CT molecular complexity index is 1700. The zero-order valence-electron chi connectivity index (χ0n) is 26.2.